The van der Waals surface area contributed by atoms with Gasteiger partial charge in [-0.05, 0) is 42.3 Å². The van der Waals surface area contributed by atoms with Crippen LogP contribution in [-0.4, -0.2) is 19.4 Å². The van der Waals surface area contributed by atoms with Crippen molar-refractivity contribution in [2.75, 3.05) is 18.7 Å². The van der Waals surface area contributed by atoms with Crippen LogP contribution in [0.4, 0.5) is 23.7 Å². The number of carbonyl (C=O) groups excluding carboxylic acids is 1. The normalized spacial score (nSPS) is 12.8. The molecular weight excluding hydrogens is 337 g/mol. The zero-order valence-corrected chi connectivity index (χ0v) is 13.0. The van der Waals surface area contributed by atoms with E-state index in [-0.39, 0.29) is 12.5 Å². The van der Waals surface area contributed by atoms with E-state index in [1.54, 1.807) is 6.07 Å². The highest BCUT2D eigenvalue weighted by Crippen LogP contribution is 2.32. The zero-order valence-electron chi connectivity index (χ0n) is 13.0. The van der Waals surface area contributed by atoms with Crippen molar-refractivity contribution >= 4 is 11.7 Å². The molecule has 5 nitrogen and oxygen atoms in total. The predicted molar refractivity (Wildman–Crippen MR) is 84.7 cm³/mol. The van der Waals surface area contributed by atoms with Crippen LogP contribution in [0.25, 0.3) is 0 Å². The number of anilines is 1. The highest BCUT2D eigenvalue weighted by molar-refractivity contribution is 5.89. The Morgan fingerprint density at radius 2 is 1.88 bits per heavy atom. The molecule has 2 aromatic carbocycles. The second-order valence-corrected chi connectivity index (χ2v) is 5.40. The number of alkyl halides is 3. The summed E-state index contributed by atoms with van der Waals surface area (Å²) in [6, 6.07) is 9.38. The Balaban J connectivity index is 1.50. The molecule has 0 unspecified atom stereocenters. The third kappa shape index (κ3) is 4.34. The summed E-state index contributed by atoms with van der Waals surface area (Å²) in [4.78, 5) is 11.8. The van der Waals surface area contributed by atoms with E-state index in [1.165, 1.54) is 12.1 Å². The summed E-state index contributed by atoms with van der Waals surface area (Å²) in [7, 11) is 0. The molecule has 25 heavy (non-hydrogen) atoms. The lowest BCUT2D eigenvalue weighted by molar-refractivity contribution is -0.137. The maximum Gasteiger partial charge on any atom is 0.416 e. The minimum atomic E-state index is -4.45. The molecule has 3 rings (SSSR count). The molecule has 0 aliphatic carbocycles. The second kappa shape index (κ2) is 6.92. The molecule has 0 saturated carbocycles. The van der Waals surface area contributed by atoms with E-state index in [9.17, 15) is 18.0 Å². The lowest BCUT2D eigenvalue weighted by atomic mass is 10.1. The first-order valence-corrected chi connectivity index (χ1v) is 7.52. The lowest BCUT2D eigenvalue weighted by Crippen LogP contribution is -2.30. The standard InChI is InChI=1S/C17H15F3N2O3/c18-17(19,20)12-2-1-3-13(9-12)22-16(23)21-7-6-11-4-5-14-15(8-11)25-10-24-14/h1-5,8-9H,6-7,10H2,(H2,21,22,23). The van der Waals surface area contributed by atoms with Gasteiger partial charge in [-0.2, -0.15) is 13.2 Å². The lowest BCUT2D eigenvalue weighted by Gasteiger charge is -2.11. The molecule has 2 aromatic rings. The van der Waals surface area contributed by atoms with Gasteiger partial charge in [-0.1, -0.05) is 12.1 Å². The molecule has 8 heteroatoms. The van der Waals surface area contributed by atoms with Crippen molar-refractivity contribution < 1.29 is 27.4 Å². The van der Waals surface area contributed by atoms with Gasteiger partial charge in [-0.15, -0.1) is 0 Å². The molecule has 0 aromatic heterocycles. The number of carbonyl (C=O) groups is 1. The number of ether oxygens (including phenoxy) is 2. The van der Waals surface area contributed by atoms with E-state index in [0.29, 0.717) is 24.5 Å². The van der Waals surface area contributed by atoms with Crippen LogP contribution in [0.5, 0.6) is 11.5 Å². The Morgan fingerprint density at radius 3 is 2.68 bits per heavy atom. The number of hydrogen-bond acceptors (Lipinski definition) is 3. The van der Waals surface area contributed by atoms with Crippen LogP contribution < -0.4 is 20.1 Å². The van der Waals surface area contributed by atoms with Gasteiger partial charge < -0.3 is 20.1 Å². The smallest absolute Gasteiger partial charge is 0.416 e. The van der Waals surface area contributed by atoms with Crippen molar-refractivity contribution in [3.8, 4) is 11.5 Å². The van der Waals surface area contributed by atoms with Gasteiger partial charge in [0.2, 0.25) is 6.79 Å². The van der Waals surface area contributed by atoms with Crippen molar-refractivity contribution in [3.05, 3.63) is 53.6 Å². The summed E-state index contributed by atoms with van der Waals surface area (Å²) in [5.74, 6) is 1.34. The molecule has 1 aliphatic rings. The van der Waals surface area contributed by atoms with Crippen LogP contribution >= 0.6 is 0 Å². The number of benzene rings is 2. The fraction of sp³-hybridized carbons (Fsp3) is 0.235. The zero-order chi connectivity index (χ0) is 17.9. The number of hydrogen-bond donors (Lipinski definition) is 2. The molecule has 1 aliphatic heterocycles. The number of rotatable bonds is 4. The van der Waals surface area contributed by atoms with Crippen molar-refractivity contribution in [2.24, 2.45) is 0 Å². The van der Waals surface area contributed by atoms with E-state index in [2.05, 4.69) is 10.6 Å². The summed E-state index contributed by atoms with van der Waals surface area (Å²) in [5.41, 5.74) is 0.213. The highest BCUT2D eigenvalue weighted by atomic mass is 19.4. The van der Waals surface area contributed by atoms with E-state index in [4.69, 9.17) is 9.47 Å². The Hall–Kier alpha value is -2.90. The maximum absolute atomic E-state index is 12.6. The number of amides is 2. The summed E-state index contributed by atoms with van der Waals surface area (Å²) in [5, 5.41) is 4.99. The fourth-order valence-corrected chi connectivity index (χ4v) is 2.37. The molecule has 0 bridgehead atoms. The minimum Gasteiger partial charge on any atom is -0.454 e. The average Bonchev–Trinajstić information content (AvgIpc) is 3.02. The molecule has 2 amide bonds. The minimum absolute atomic E-state index is 0.0791. The molecule has 0 atom stereocenters. The van der Waals surface area contributed by atoms with Gasteiger partial charge in [-0.3, -0.25) is 0 Å². The predicted octanol–water partition coefficient (Wildman–Crippen LogP) is 3.80. The topological polar surface area (TPSA) is 59.6 Å². The van der Waals surface area contributed by atoms with Gasteiger partial charge in [0, 0.05) is 12.2 Å². The molecule has 2 N–H and O–H groups in total. The van der Waals surface area contributed by atoms with E-state index < -0.39 is 17.8 Å². The molecule has 0 saturated heterocycles. The van der Waals surface area contributed by atoms with E-state index in [0.717, 1.165) is 17.7 Å². The number of fused-ring (bicyclic) bond motifs is 1. The van der Waals surface area contributed by atoms with Gasteiger partial charge in [-0.25, -0.2) is 4.79 Å². The number of halogens is 3. The summed E-state index contributed by atoms with van der Waals surface area (Å²) >= 11 is 0. The van der Waals surface area contributed by atoms with Crippen molar-refractivity contribution in [1.82, 2.24) is 5.32 Å². The first-order chi connectivity index (χ1) is 11.9. The molecule has 0 fully saturated rings. The largest absolute Gasteiger partial charge is 0.454 e. The highest BCUT2D eigenvalue weighted by Gasteiger charge is 2.30. The molecule has 0 spiro atoms. The second-order valence-electron chi connectivity index (χ2n) is 5.40. The van der Waals surface area contributed by atoms with Crippen molar-refractivity contribution in [2.45, 2.75) is 12.6 Å². The first-order valence-electron chi connectivity index (χ1n) is 7.52. The number of urea groups is 1. The van der Waals surface area contributed by atoms with Gasteiger partial charge in [0.1, 0.15) is 0 Å². The van der Waals surface area contributed by atoms with Crippen molar-refractivity contribution in [3.63, 3.8) is 0 Å². The van der Waals surface area contributed by atoms with Crippen LogP contribution in [-0.2, 0) is 12.6 Å². The van der Waals surface area contributed by atoms with Crippen LogP contribution in [0.3, 0.4) is 0 Å². The van der Waals surface area contributed by atoms with Crippen LogP contribution in [0.1, 0.15) is 11.1 Å². The van der Waals surface area contributed by atoms with E-state index in [1.807, 2.05) is 12.1 Å². The summed E-state index contributed by atoms with van der Waals surface area (Å²) in [6.45, 7) is 0.515. The molecular formula is C17H15F3N2O3. The van der Waals surface area contributed by atoms with Gasteiger partial charge in [0.25, 0.3) is 0 Å². The Kier molecular flexibility index (Phi) is 4.69. The van der Waals surface area contributed by atoms with Crippen LogP contribution in [0.15, 0.2) is 42.5 Å². The molecule has 1 heterocycles. The number of nitrogens with one attached hydrogen (secondary N) is 2. The van der Waals surface area contributed by atoms with Crippen LogP contribution in [0.2, 0.25) is 0 Å². The Morgan fingerprint density at radius 1 is 1.08 bits per heavy atom. The van der Waals surface area contributed by atoms with E-state index >= 15 is 0 Å². The fourth-order valence-electron chi connectivity index (χ4n) is 2.37. The summed E-state index contributed by atoms with van der Waals surface area (Å²) < 4.78 is 48.4. The third-order valence-electron chi connectivity index (χ3n) is 3.58. The third-order valence-corrected chi connectivity index (χ3v) is 3.58. The maximum atomic E-state index is 12.6. The Labute approximate surface area is 141 Å². The van der Waals surface area contributed by atoms with Crippen LogP contribution in [0, 0.1) is 0 Å². The SMILES string of the molecule is O=C(NCCc1ccc2c(c1)OCO2)Nc1cccc(C(F)(F)F)c1. The van der Waals surface area contributed by atoms with Gasteiger partial charge in [0.05, 0.1) is 5.56 Å². The summed E-state index contributed by atoms with van der Waals surface area (Å²) in [6.07, 6.45) is -3.90. The Bertz CT molecular complexity index is 778. The van der Waals surface area contributed by atoms with Crippen molar-refractivity contribution in [1.29, 1.82) is 0 Å². The molecule has 0 radical (unpaired) electrons. The monoisotopic (exact) mass is 352 g/mol. The average molecular weight is 352 g/mol. The quantitative estimate of drug-likeness (QED) is 0.880. The van der Waals surface area contributed by atoms with Gasteiger partial charge >= 0.3 is 12.2 Å². The molecule has 132 valence electrons. The first kappa shape index (κ1) is 16.9. The van der Waals surface area contributed by atoms with Gasteiger partial charge in [0.15, 0.2) is 11.5 Å².